The molecule has 1 aromatic carbocycles. The second-order valence-electron chi connectivity index (χ2n) is 5.51. The zero-order valence-corrected chi connectivity index (χ0v) is 15.0. The lowest BCUT2D eigenvalue weighted by molar-refractivity contribution is -0.136. The molecule has 134 valence electrons. The van der Waals surface area contributed by atoms with Gasteiger partial charge in [-0.1, -0.05) is 11.6 Å². The van der Waals surface area contributed by atoms with Crippen molar-refractivity contribution in [1.82, 2.24) is 10.2 Å². The number of rotatable bonds is 6. The molecular weight excluding hydrogens is 346 g/mol. The quantitative estimate of drug-likeness (QED) is 0.767. The maximum absolute atomic E-state index is 12.0. The van der Waals surface area contributed by atoms with Gasteiger partial charge in [-0.3, -0.25) is 14.5 Å². The Morgan fingerprint density at radius 1 is 1.28 bits per heavy atom. The van der Waals surface area contributed by atoms with Gasteiger partial charge in [0.25, 0.3) is 0 Å². The zero-order valence-electron chi connectivity index (χ0n) is 14.2. The summed E-state index contributed by atoms with van der Waals surface area (Å²) < 4.78 is 10.4. The highest BCUT2D eigenvalue weighted by atomic mass is 35.5. The summed E-state index contributed by atoms with van der Waals surface area (Å²) in [5, 5.41) is 5.43. The molecule has 0 radical (unpaired) electrons. The van der Waals surface area contributed by atoms with E-state index in [-0.39, 0.29) is 12.6 Å². The van der Waals surface area contributed by atoms with Crippen LogP contribution in [0, 0.1) is 0 Å². The van der Waals surface area contributed by atoms with E-state index in [9.17, 15) is 9.59 Å². The Kier molecular flexibility index (Phi) is 6.44. The fourth-order valence-corrected chi connectivity index (χ4v) is 2.48. The summed E-state index contributed by atoms with van der Waals surface area (Å²) in [6, 6.07) is 8.12. The molecule has 0 fully saturated rings. The Morgan fingerprint density at radius 2 is 2.04 bits per heavy atom. The monoisotopic (exact) mass is 365 g/mol. The second-order valence-corrected chi connectivity index (χ2v) is 5.92. The van der Waals surface area contributed by atoms with Gasteiger partial charge >= 0.3 is 11.8 Å². The number of nitrogens with one attached hydrogen (secondary N) is 2. The van der Waals surface area contributed by atoms with Crippen LogP contribution in [-0.4, -0.2) is 44.5 Å². The molecule has 2 N–H and O–H groups in total. The van der Waals surface area contributed by atoms with Crippen molar-refractivity contribution >= 4 is 29.1 Å². The highest BCUT2D eigenvalue weighted by molar-refractivity contribution is 6.40. The number of likely N-dealkylation sites (N-methyl/N-ethyl adjacent to an activating group) is 1. The first-order chi connectivity index (χ1) is 11.9. The van der Waals surface area contributed by atoms with E-state index in [1.807, 2.05) is 25.1 Å². The molecular formula is C17H20ClN3O4. The minimum atomic E-state index is -0.779. The van der Waals surface area contributed by atoms with Crippen molar-refractivity contribution in [3.63, 3.8) is 0 Å². The first-order valence-corrected chi connectivity index (χ1v) is 7.92. The molecule has 2 aromatic rings. The molecule has 1 atom stereocenters. The number of halogens is 1. The van der Waals surface area contributed by atoms with Gasteiger partial charge in [0.05, 0.1) is 24.4 Å². The van der Waals surface area contributed by atoms with E-state index in [4.69, 9.17) is 20.8 Å². The van der Waals surface area contributed by atoms with Crippen LogP contribution in [0.3, 0.4) is 0 Å². The van der Waals surface area contributed by atoms with Crippen LogP contribution >= 0.6 is 11.6 Å². The molecule has 0 aliphatic heterocycles. The molecule has 0 bridgehead atoms. The first-order valence-electron chi connectivity index (χ1n) is 7.55. The van der Waals surface area contributed by atoms with E-state index < -0.39 is 11.8 Å². The molecule has 8 heteroatoms. The Bertz CT molecular complexity index is 731. The number of methoxy groups -OCH3 is 1. The molecule has 1 aromatic heterocycles. The molecule has 0 unspecified atom stereocenters. The zero-order chi connectivity index (χ0) is 18.4. The van der Waals surface area contributed by atoms with Crippen LogP contribution in [0.25, 0.3) is 0 Å². The maximum Gasteiger partial charge on any atom is 0.313 e. The normalized spacial score (nSPS) is 11.9. The van der Waals surface area contributed by atoms with E-state index in [0.717, 1.165) is 0 Å². The Hall–Kier alpha value is -2.51. The average Bonchev–Trinajstić information content (AvgIpc) is 3.09. The van der Waals surface area contributed by atoms with Crippen LogP contribution in [-0.2, 0) is 9.59 Å². The highest BCUT2D eigenvalue weighted by Gasteiger charge is 2.20. The second kappa shape index (κ2) is 8.55. The highest BCUT2D eigenvalue weighted by Crippen LogP contribution is 2.27. The van der Waals surface area contributed by atoms with Crippen molar-refractivity contribution in [3.05, 3.63) is 47.4 Å². The molecule has 0 saturated heterocycles. The van der Waals surface area contributed by atoms with Gasteiger partial charge in [0.2, 0.25) is 0 Å². The van der Waals surface area contributed by atoms with Crippen LogP contribution in [0.5, 0.6) is 5.75 Å². The van der Waals surface area contributed by atoms with E-state index in [1.165, 1.54) is 13.2 Å². The van der Waals surface area contributed by atoms with Crippen molar-refractivity contribution in [2.24, 2.45) is 0 Å². The number of carbonyl (C=O) groups is 2. The summed E-state index contributed by atoms with van der Waals surface area (Å²) in [6.45, 7) is 0.232. The van der Waals surface area contributed by atoms with Crippen molar-refractivity contribution in [2.45, 2.75) is 6.04 Å². The molecule has 2 amide bonds. The largest absolute Gasteiger partial charge is 0.495 e. The third-order valence-electron chi connectivity index (χ3n) is 3.57. The van der Waals surface area contributed by atoms with Crippen LogP contribution in [0.1, 0.15) is 11.8 Å². The van der Waals surface area contributed by atoms with E-state index in [1.54, 1.807) is 24.5 Å². The number of amides is 2. The predicted molar refractivity (Wildman–Crippen MR) is 94.8 cm³/mol. The van der Waals surface area contributed by atoms with Gasteiger partial charge in [0.15, 0.2) is 0 Å². The van der Waals surface area contributed by atoms with Gasteiger partial charge in [-0.25, -0.2) is 0 Å². The van der Waals surface area contributed by atoms with Crippen LogP contribution in [0.4, 0.5) is 5.69 Å². The number of anilines is 1. The Balaban J connectivity index is 1.93. The molecule has 7 nitrogen and oxygen atoms in total. The van der Waals surface area contributed by atoms with Gasteiger partial charge in [0.1, 0.15) is 11.5 Å². The summed E-state index contributed by atoms with van der Waals surface area (Å²) >= 11 is 5.99. The fraction of sp³-hybridized carbons (Fsp3) is 0.294. The Labute approximate surface area is 150 Å². The Morgan fingerprint density at radius 3 is 2.60 bits per heavy atom. The smallest absolute Gasteiger partial charge is 0.313 e. The standard InChI is InChI=1S/C17H20ClN3O4/c1-21(2)13(15-5-4-8-25-15)10-19-16(22)17(23)20-11-6-7-14(24-3)12(18)9-11/h4-9,13H,10H2,1-3H3,(H,19,22)(H,20,23)/t13-/m0/s1. The van der Waals surface area contributed by atoms with E-state index in [0.29, 0.717) is 22.2 Å². The first kappa shape index (κ1) is 18.8. The summed E-state index contributed by atoms with van der Waals surface area (Å²) in [5.74, 6) is -0.340. The summed E-state index contributed by atoms with van der Waals surface area (Å²) in [5.41, 5.74) is 0.404. The number of hydrogen-bond acceptors (Lipinski definition) is 5. The topological polar surface area (TPSA) is 83.8 Å². The van der Waals surface area contributed by atoms with Crippen molar-refractivity contribution in [1.29, 1.82) is 0 Å². The van der Waals surface area contributed by atoms with Crippen molar-refractivity contribution in [3.8, 4) is 5.75 Å². The molecule has 0 spiro atoms. The average molecular weight is 366 g/mol. The van der Waals surface area contributed by atoms with Gasteiger partial charge < -0.3 is 19.8 Å². The molecule has 2 rings (SSSR count). The summed E-state index contributed by atoms with van der Waals surface area (Å²) in [7, 11) is 5.21. The summed E-state index contributed by atoms with van der Waals surface area (Å²) in [6.07, 6.45) is 1.56. The maximum atomic E-state index is 12.0. The molecule has 0 aliphatic carbocycles. The van der Waals surface area contributed by atoms with Gasteiger partial charge in [-0.05, 0) is 44.4 Å². The number of benzene rings is 1. The van der Waals surface area contributed by atoms with Crippen LogP contribution in [0.2, 0.25) is 5.02 Å². The summed E-state index contributed by atoms with van der Waals surface area (Å²) in [4.78, 5) is 25.9. The lowest BCUT2D eigenvalue weighted by Gasteiger charge is -2.22. The SMILES string of the molecule is COc1ccc(NC(=O)C(=O)NC[C@@H](c2ccco2)N(C)C)cc1Cl. The van der Waals surface area contributed by atoms with Crippen molar-refractivity contribution < 1.29 is 18.7 Å². The van der Waals surface area contributed by atoms with Gasteiger partial charge in [0, 0.05) is 12.2 Å². The van der Waals surface area contributed by atoms with Crippen LogP contribution in [0.15, 0.2) is 41.0 Å². The molecule has 1 heterocycles. The van der Waals surface area contributed by atoms with E-state index >= 15 is 0 Å². The minimum Gasteiger partial charge on any atom is -0.495 e. The van der Waals surface area contributed by atoms with Gasteiger partial charge in [-0.2, -0.15) is 0 Å². The molecule has 0 aliphatic rings. The number of nitrogens with zero attached hydrogens (tertiary/aromatic N) is 1. The molecule has 0 saturated carbocycles. The molecule has 25 heavy (non-hydrogen) atoms. The fourth-order valence-electron chi connectivity index (χ4n) is 2.22. The van der Waals surface area contributed by atoms with Gasteiger partial charge in [-0.15, -0.1) is 0 Å². The third-order valence-corrected chi connectivity index (χ3v) is 3.86. The predicted octanol–water partition coefficient (Wildman–Crippen LogP) is 2.30. The lowest BCUT2D eigenvalue weighted by Crippen LogP contribution is -2.40. The number of hydrogen-bond donors (Lipinski definition) is 2. The number of furan rings is 1. The van der Waals surface area contributed by atoms with Crippen molar-refractivity contribution in [2.75, 3.05) is 33.1 Å². The van der Waals surface area contributed by atoms with E-state index in [2.05, 4.69) is 10.6 Å². The number of ether oxygens (including phenoxy) is 1. The number of carbonyl (C=O) groups excluding carboxylic acids is 2. The minimum absolute atomic E-state index is 0.179. The van der Waals surface area contributed by atoms with Crippen LogP contribution < -0.4 is 15.4 Å². The third kappa shape index (κ3) is 4.98. The lowest BCUT2D eigenvalue weighted by atomic mass is 10.2.